The van der Waals surface area contributed by atoms with Gasteiger partial charge in [0, 0.05) is 18.5 Å². The van der Waals surface area contributed by atoms with Crippen molar-refractivity contribution in [1.29, 1.82) is 0 Å². The van der Waals surface area contributed by atoms with E-state index in [9.17, 15) is 4.79 Å². The zero-order valence-corrected chi connectivity index (χ0v) is 9.46. The minimum atomic E-state index is -0.934. The summed E-state index contributed by atoms with van der Waals surface area (Å²) in [6.45, 7) is 1.85. The van der Waals surface area contributed by atoms with Crippen LogP contribution in [0, 0.1) is 5.92 Å². The van der Waals surface area contributed by atoms with Gasteiger partial charge >= 0.3 is 5.97 Å². The van der Waals surface area contributed by atoms with E-state index in [1.807, 2.05) is 5.38 Å². The van der Waals surface area contributed by atoms with Gasteiger partial charge in [0.15, 0.2) is 0 Å². The number of hydrogen-bond acceptors (Lipinski definition) is 4. The molecule has 1 N–H and O–H groups in total. The van der Waals surface area contributed by atoms with Crippen molar-refractivity contribution in [3.63, 3.8) is 0 Å². The lowest BCUT2D eigenvalue weighted by atomic mass is 10.3. The topological polar surface area (TPSA) is 53.4 Å². The van der Waals surface area contributed by atoms with Gasteiger partial charge in [0.1, 0.15) is 0 Å². The quantitative estimate of drug-likeness (QED) is 0.830. The number of hydrogen-bond donors (Lipinski definition) is 1. The first-order chi connectivity index (χ1) is 7.15. The van der Waals surface area contributed by atoms with Crippen molar-refractivity contribution in [1.82, 2.24) is 9.88 Å². The van der Waals surface area contributed by atoms with Gasteiger partial charge in [0.2, 0.25) is 5.01 Å². The minimum Gasteiger partial charge on any atom is -0.476 e. The number of aromatic carboxylic acids is 1. The first-order valence-corrected chi connectivity index (χ1v) is 5.89. The van der Waals surface area contributed by atoms with Gasteiger partial charge < -0.3 is 10.0 Å². The van der Waals surface area contributed by atoms with Crippen LogP contribution in [0.15, 0.2) is 5.38 Å². The second-order valence-corrected chi connectivity index (χ2v) is 4.95. The molecule has 0 atom stereocenters. The molecular formula is C10H14N2O2S. The van der Waals surface area contributed by atoms with Gasteiger partial charge in [-0.15, -0.1) is 11.3 Å². The van der Waals surface area contributed by atoms with Gasteiger partial charge in [-0.1, -0.05) is 0 Å². The molecule has 0 saturated heterocycles. The number of thiazole rings is 1. The third-order valence-corrected chi connectivity index (χ3v) is 3.31. The Bertz CT molecular complexity index is 360. The summed E-state index contributed by atoms with van der Waals surface area (Å²) in [5.74, 6) is -0.0799. The van der Waals surface area contributed by atoms with Crippen LogP contribution in [0.3, 0.4) is 0 Å². The van der Waals surface area contributed by atoms with Gasteiger partial charge in [-0.05, 0) is 25.8 Å². The van der Waals surface area contributed by atoms with Crippen molar-refractivity contribution < 1.29 is 9.90 Å². The summed E-state index contributed by atoms with van der Waals surface area (Å²) >= 11 is 1.20. The summed E-state index contributed by atoms with van der Waals surface area (Å²) in [6, 6.07) is 0. The molecule has 0 aromatic carbocycles. The Morgan fingerprint density at radius 3 is 3.00 bits per heavy atom. The second-order valence-electron chi connectivity index (χ2n) is 4.09. The molecule has 1 aliphatic carbocycles. The molecule has 0 radical (unpaired) electrons. The van der Waals surface area contributed by atoms with Crippen LogP contribution < -0.4 is 0 Å². The van der Waals surface area contributed by atoms with Gasteiger partial charge in [0.05, 0.1) is 5.69 Å². The molecule has 1 saturated carbocycles. The maximum Gasteiger partial charge on any atom is 0.365 e. The standard InChI is InChI=1S/C10H14N2O2S/c1-12(4-7-2-3-7)5-8-6-15-9(11-8)10(13)14/h6-7H,2-5H2,1H3,(H,13,14). The highest BCUT2D eigenvalue weighted by atomic mass is 32.1. The zero-order valence-electron chi connectivity index (χ0n) is 8.64. The van der Waals surface area contributed by atoms with Crippen molar-refractivity contribution >= 4 is 17.3 Å². The third kappa shape index (κ3) is 3.00. The summed E-state index contributed by atoms with van der Waals surface area (Å²) in [5, 5.41) is 10.7. The molecule has 0 amide bonds. The number of carboxylic acid groups (broad SMARTS) is 1. The Hall–Kier alpha value is -0.940. The van der Waals surface area contributed by atoms with E-state index in [1.165, 1.54) is 24.2 Å². The molecule has 5 heteroatoms. The molecule has 4 nitrogen and oxygen atoms in total. The first-order valence-electron chi connectivity index (χ1n) is 5.01. The number of carboxylic acids is 1. The van der Waals surface area contributed by atoms with Gasteiger partial charge in [-0.3, -0.25) is 0 Å². The highest BCUT2D eigenvalue weighted by Gasteiger charge is 2.23. The van der Waals surface area contributed by atoms with E-state index in [2.05, 4.69) is 16.9 Å². The Kier molecular flexibility index (Phi) is 3.02. The fourth-order valence-electron chi connectivity index (χ4n) is 1.56. The van der Waals surface area contributed by atoms with Crippen LogP contribution in [-0.2, 0) is 6.54 Å². The van der Waals surface area contributed by atoms with Crippen LogP contribution in [0.1, 0.15) is 28.3 Å². The Balaban J connectivity index is 1.88. The van der Waals surface area contributed by atoms with E-state index in [0.717, 1.165) is 24.7 Å². The normalized spacial score (nSPS) is 15.9. The minimum absolute atomic E-state index is 0.185. The molecular weight excluding hydrogens is 212 g/mol. The van der Waals surface area contributed by atoms with Gasteiger partial charge in [0.25, 0.3) is 0 Å². The Morgan fingerprint density at radius 2 is 2.47 bits per heavy atom. The van der Waals surface area contributed by atoms with Crippen molar-refractivity contribution in [2.45, 2.75) is 19.4 Å². The van der Waals surface area contributed by atoms with E-state index in [-0.39, 0.29) is 5.01 Å². The number of carbonyl (C=O) groups is 1. The van der Waals surface area contributed by atoms with Crippen LogP contribution in [0.2, 0.25) is 0 Å². The van der Waals surface area contributed by atoms with Gasteiger partial charge in [-0.2, -0.15) is 0 Å². The average Bonchev–Trinajstić information content (AvgIpc) is 2.82. The molecule has 1 aromatic rings. The lowest BCUT2D eigenvalue weighted by Crippen LogP contribution is -2.20. The van der Waals surface area contributed by atoms with Crippen molar-refractivity contribution in [2.75, 3.05) is 13.6 Å². The highest BCUT2D eigenvalue weighted by Crippen LogP contribution is 2.29. The van der Waals surface area contributed by atoms with Crippen LogP contribution in [-0.4, -0.2) is 34.6 Å². The highest BCUT2D eigenvalue weighted by molar-refractivity contribution is 7.11. The van der Waals surface area contributed by atoms with E-state index in [4.69, 9.17) is 5.11 Å². The largest absolute Gasteiger partial charge is 0.476 e. The van der Waals surface area contributed by atoms with E-state index >= 15 is 0 Å². The average molecular weight is 226 g/mol. The maximum absolute atomic E-state index is 10.6. The first kappa shape index (κ1) is 10.6. The second kappa shape index (κ2) is 4.28. The van der Waals surface area contributed by atoms with Gasteiger partial charge in [-0.25, -0.2) is 9.78 Å². The summed E-state index contributed by atoms with van der Waals surface area (Å²) in [6.07, 6.45) is 2.67. The molecule has 1 fully saturated rings. The van der Waals surface area contributed by atoms with E-state index < -0.39 is 5.97 Å². The SMILES string of the molecule is CN(Cc1csc(C(=O)O)n1)CC1CC1. The maximum atomic E-state index is 10.6. The van der Waals surface area contributed by atoms with E-state index in [0.29, 0.717) is 0 Å². The number of nitrogens with zero attached hydrogens (tertiary/aromatic N) is 2. The van der Waals surface area contributed by atoms with Crippen LogP contribution in [0.5, 0.6) is 0 Å². The molecule has 0 aliphatic heterocycles. The third-order valence-electron chi connectivity index (χ3n) is 2.43. The van der Waals surface area contributed by atoms with Crippen molar-refractivity contribution in [3.05, 3.63) is 16.1 Å². The van der Waals surface area contributed by atoms with Crippen LogP contribution in [0.25, 0.3) is 0 Å². The fraction of sp³-hybridized carbons (Fsp3) is 0.600. The molecule has 82 valence electrons. The fourth-order valence-corrected chi connectivity index (χ4v) is 2.21. The van der Waals surface area contributed by atoms with Crippen molar-refractivity contribution in [3.8, 4) is 0 Å². The Labute approximate surface area is 92.6 Å². The lowest BCUT2D eigenvalue weighted by Gasteiger charge is -2.13. The van der Waals surface area contributed by atoms with Crippen LogP contribution in [0.4, 0.5) is 0 Å². The molecule has 0 bridgehead atoms. The lowest BCUT2D eigenvalue weighted by molar-refractivity contribution is 0.0696. The predicted octanol–water partition coefficient (Wildman–Crippen LogP) is 1.68. The Morgan fingerprint density at radius 1 is 1.73 bits per heavy atom. The molecule has 0 spiro atoms. The number of aromatic nitrogens is 1. The summed E-state index contributed by atoms with van der Waals surface area (Å²) < 4.78 is 0. The summed E-state index contributed by atoms with van der Waals surface area (Å²) in [4.78, 5) is 16.9. The molecule has 1 aliphatic rings. The zero-order chi connectivity index (χ0) is 10.8. The van der Waals surface area contributed by atoms with Crippen molar-refractivity contribution in [2.24, 2.45) is 5.92 Å². The molecule has 2 rings (SSSR count). The number of rotatable bonds is 5. The summed E-state index contributed by atoms with van der Waals surface area (Å²) in [7, 11) is 2.05. The smallest absolute Gasteiger partial charge is 0.365 e. The van der Waals surface area contributed by atoms with E-state index in [1.54, 1.807) is 0 Å². The monoisotopic (exact) mass is 226 g/mol. The predicted molar refractivity (Wildman–Crippen MR) is 58.1 cm³/mol. The summed E-state index contributed by atoms with van der Waals surface area (Å²) in [5.41, 5.74) is 0.862. The molecule has 1 aromatic heterocycles. The molecule has 15 heavy (non-hydrogen) atoms. The molecule has 0 unspecified atom stereocenters. The van der Waals surface area contributed by atoms with Crippen LogP contribution >= 0.6 is 11.3 Å². The molecule has 1 heterocycles.